The molecule has 1 aliphatic heterocycles. The van der Waals surface area contributed by atoms with Crippen molar-refractivity contribution in [3.8, 4) is 11.1 Å². The van der Waals surface area contributed by atoms with Gasteiger partial charge in [-0.2, -0.15) is 0 Å². The molecule has 0 unspecified atom stereocenters. The molecule has 4 aromatic carbocycles. The standard InChI is InChI=1S/C38H42N2O6/c1-26(44-27(2)42)37(43)39-22-33-11-7-8-12-35(33)30-17-19-32(20-18-30)38-45-34(24-40(3)23-28-9-5-4-6-10-28)21-36(46-38)31-15-13-29(25-41)14-16-31/h4-20,26,34,36,38,41H,21-25H2,1-3H3,(H,39,43)/t26-,34-,36+,38+/m0/s1. The Morgan fingerprint density at radius 3 is 2.26 bits per heavy atom. The Morgan fingerprint density at radius 2 is 1.57 bits per heavy atom. The van der Waals surface area contributed by atoms with Crippen LogP contribution in [0.2, 0.25) is 0 Å². The fourth-order valence-corrected chi connectivity index (χ4v) is 5.74. The molecule has 1 amide bonds. The molecule has 4 aromatic rings. The van der Waals surface area contributed by atoms with Crippen molar-refractivity contribution in [1.82, 2.24) is 10.2 Å². The van der Waals surface area contributed by atoms with Crippen molar-refractivity contribution >= 4 is 11.9 Å². The molecule has 0 aliphatic carbocycles. The van der Waals surface area contributed by atoms with E-state index in [0.717, 1.165) is 46.5 Å². The lowest BCUT2D eigenvalue weighted by molar-refractivity contribution is -0.252. The predicted octanol–water partition coefficient (Wildman–Crippen LogP) is 6.09. The Bertz CT molecular complexity index is 1580. The van der Waals surface area contributed by atoms with Crippen molar-refractivity contribution in [3.05, 3.63) is 131 Å². The Morgan fingerprint density at radius 1 is 0.891 bits per heavy atom. The lowest BCUT2D eigenvalue weighted by atomic mass is 9.97. The summed E-state index contributed by atoms with van der Waals surface area (Å²) in [5, 5.41) is 12.4. The summed E-state index contributed by atoms with van der Waals surface area (Å²) in [5.41, 5.74) is 7.00. The molecule has 5 rings (SSSR count). The number of likely N-dealkylation sites (N-methyl/N-ethyl adjacent to an activating group) is 1. The lowest BCUT2D eigenvalue weighted by Gasteiger charge is -2.38. The first kappa shape index (κ1) is 33.0. The van der Waals surface area contributed by atoms with Gasteiger partial charge in [-0.3, -0.25) is 14.5 Å². The number of ether oxygens (including phenoxy) is 3. The van der Waals surface area contributed by atoms with Crippen LogP contribution >= 0.6 is 0 Å². The monoisotopic (exact) mass is 622 g/mol. The largest absolute Gasteiger partial charge is 0.453 e. The number of hydrogen-bond acceptors (Lipinski definition) is 7. The number of aliphatic hydroxyl groups excluding tert-OH is 1. The van der Waals surface area contributed by atoms with Crippen LogP contribution in [0.5, 0.6) is 0 Å². The van der Waals surface area contributed by atoms with Crippen molar-refractivity contribution in [2.75, 3.05) is 13.6 Å². The summed E-state index contributed by atoms with van der Waals surface area (Å²) in [6.45, 7) is 4.70. The van der Waals surface area contributed by atoms with Crippen LogP contribution in [0.1, 0.15) is 60.5 Å². The number of benzene rings is 4. The third-order valence-corrected chi connectivity index (χ3v) is 8.10. The Kier molecular flexibility index (Phi) is 11.3. The number of nitrogens with one attached hydrogen (secondary N) is 1. The summed E-state index contributed by atoms with van der Waals surface area (Å²) < 4.78 is 18.1. The van der Waals surface area contributed by atoms with Gasteiger partial charge in [0.1, 0.15) is 0 Å². The topological polar surface area (TPSA) is 97.3 Å². The number of carbonyl (C=O) groups is 2. The molecule has 1 heterocycles. The van der Waals surface area contributed by atoms with Gasteiger partial charge in [-0.05, 0) is 47.4 Å². The van der Waals surface area contributed by atoms with Gasteiger partial charge < -0.3 is 24.6 Å². The molecule has 46 heavy (non-hydrogen) atoms. The Balaban J connectivity index is 1.31. The summed E-state index contributed by atoms with van der Waals surface area (Å²) in [6.07, 6.45) is -0.939. The fraction of sp³-hybridized carbons (Fsp3) is 0.316. The zero-order valence-corrected chi connectivity index (χ0v) is 26.6. The molecule has 0 aromatic heterocycles. The second-order valence-electron chi connectivity index (χ2n) is 11.8. The van der Waals surface area contributed by atoms with E-state index in [2.05, 4.69) is 41.5 Å². The van der Waals surface area contributed by atoms with Crippen LogP contribution in [-0.4, -0.2) is 47.7 Å². The van der Waals surface area contributed by atoms with Gasteiger partial charge in [0.25, 0.3) is 5.91 Å². The van der Waals surface area contributed by atoms with Crippen molar-refractivity contribution in [1.29, 1.82) is 0 Å². The number of amides is 1. The Hall–Kier alpha value is -4.34. The van der Waals surface area contributed by atoms with Gasteiger partial charge in [-0.15, -0.1) is 0 Å². The fourth-order valence-electron chi connectivity index (χ4n) is 5.74. The lowest BCUT2D eigenvalue weighted by Crippen LogP contribution is -2.37. The molecular formula is C38H42N2O6. The van der Waals surface area contributed by atoms with E-state index in [4.69, 9.17) is 14.2 Å². The zero-order chi connectivity index (χ0) is 32.5. The maximum Gasteiger partial charge on any atom is 0.303 e. The van der Waals surface area contributed by atoms with E-state index in [1.54, 1.807) is 6.92 Å². The molecule has 1 aliphatic rings. The number of esters is 1. The molecule has 0 spiro atoms. The van der Waals surface area contributed by atoms with Crippen molar-refractivity contribution in [3.63, 3.8) is 0 Å². The summed E-state index contributed by atoms with van der Waals surface area (Å²) >= 11 is 0. The van der Waals surface area contributed by atoms with Gasteiger partial charge in [-0.1, -0.05) is 103 Å². The molecule has 0 bridgehead atoms. The van der Waals surface area contributed by atoms with Crippen LogP contribution in [0.4, 0.5) is 0 Å². The van der Waals surface area contributed by atoms with E-state index in [1.165, 1.54) is 12.5 Å². The molecule has 1 saturated heterocycles. The second kappa shape index (κ2) is 15.8. The second-order valence-corrected chi connectivity index (χ2v) is 11.8. The van der Waals surface area contributed by atoms with E-state index in [1.807, 2.05) is 78.9 Å². The highest BCUT2D eigenvalue weighted by Crippen LogP contribution is 2.39. The summed E-state index contributed by atoms with van der Waals surface area (Å²) in [4.78, 5) is 25.9. The third-order valence-electron chi connectivity index (χ3n) is 8.10. The van der Waals surface area contributed by atoms with Gasteiger partial charge in [0, 0.05) is 38.5 Å². The van der Waals surface area contributed by atoms with E-state index >= 15 is 0 Å². The minimum absolute atomic E-state index is 0.000301. The van der Waals surface area contributed by atoms with Crippen LogP contribution < -0.4 is 5.32 Å². The summed E-state index contributed by atoms with van der Waals surface area (Å²) in [6, 6.07) is 34.3. The van der Waals surface area contributed by atoms with E-state index < -0.39 is 18.4 Å². The van der Waals surface area contributed by atoms with E-state index in [-0.39, 0.29) is 24.7 Å². The van der Waals surface area contributed by atoms with Gasteiger partial charge in [0.15, 0.2) is 12.4 Å². The van der Waals surface area contributed by atoms with Crippen LogP contribution in [-0.2, 0) is 43.5 Å². The average molecular weight is 623 g/mol. The van der Waals surface area contributed by atoms with Crippen LogP contribution in [0.25, 0.3) is 11.1 Å². The van der Waals surface area contributed by atoms with E-state index in [0.29, 0.717) is 13.0 Å². The number of carbonyl (C=O) groups excluding carboxylic acids is 2. The third kappa shape index (κ3) is 8.89. The minimum atomic E-state index is -0.863. The quantitative estimate of drug-likeness (QED) is 0.185. The maximum absolute atomic E-state index is 12.4. The molecule has 1 fully saturated rings. The molecule has 8 heteroatoms. The van der Waals surface area contributed by atoms with E-state index in [9.17, 15) is 14.7 Å². The number of hydrogen-bond donors (Lipinski definition) is 2. The van der Waals surface area contributed by atoms with Gasteiger partial charge in [0.05, 0.1) is 18.8 Å². The van der Waals surface area contributed by atoms with Crippen molar-refractivity contribution in [2.24, 2.45) is 0 Å². The molecular weight excluding hydrogens is 580 g/mol. The smallest absolute Gasteiger partial charge is 0.303 e. The predicted molar refractivity (Wildman–Crippen MR) is 176 cm³/mol. The van der Waals surface area contributed by atoms with Gasteiger partial charge in [0.2, 0.25) is 0 Å². The highest BCUT2D eigenvalue weighted by Gasteiger charge is 2.33. The number of rotatable bonds is 12. The molecule has 8 nitrogen and oxygen atoms in total. The Labute approximate surface area is 270 Å². The molecule has 0 saturated carbocycles. The maximum atomic E-state index is 12.4. The molecule has 4 atom stereocenters. The molecule has 240 valence electrons. The summed E-state index contributed by atoms with van der Waals surface area (Å²) in [5.74, 6) is -0.845. The van der Waals surface area contributed by atoms with Crippen molar-refractivity contribution < 1.29 is 28.9 Å². The highest BCUT2D eigenvalue weighted by atomic mass is 16.7. The number of nitrogens with zero attached hydrogens (tertiary/aromatic N) is 1. The van der Waals surface area contributed by atoms with Crippen LogP contribution in [0, 0.1) is 0 Å². The van der Waals surface area contributed by atoms with Gasteiger partial charge >= 0.3 is 5.97 Å². The number of aliphatic hydroxyl groups is 1. The van der Waals surface area contributed by atoms with Gasteiger partial charge in [-0.25, -0.2) is 0 Å². The van der Waals surface area contributed by atoms with Crippen LogP contribution in [0.15, 0.2) is 103 Å². The SMILES string of the molecule is CC(=O)O[C@@H](C)C(=O)NCc1ccccc1-c1ccc([C@@H]2O[C@H](CN(C)Cc3ccccc3)C[C@H](c3ccc(CO)cc3)O2)cc1. The zero-order valence-electron chi connectivity index (χ0n) is 26.6. The first-order valence-corrected chi connectivity index (χ1v) is 15.6. The molecule has 2 N–H and O–H groups in total. The first-order valence-electron chi connectivity index (χ1n) is 15.6. The minimum Gasteiger partial charge on any atom is -0.453 e. The highest BCUT2D eigenvalue weighted by molar-refractivity contribution is 5.83. The van der Waals surface area contributed by atoms with Crippen molar-refractivity contribution in [2.45, 2.75) is 64.6 Å². The first-order chi connectivity index (χ1) is 22.3. The normalized spacial score (nSPS) is 18.6. The van der Waals surface area contributed by atoms with Crippen LogP contribution in [0.3, 0.4) is 0 Å². The molecule has 0 radical (unpaired) electrons. The average Bonchev–Trinajstić information content (AvgIpc) is 3.07. The summed E-state index contributed by atoms with van der Waals surface area (Å²) in [7, 11) is 2.11.